The largest absolute Gasteiger partial charge is 0.388 e. The van der Waals surface area contributed by atoms with E-state index in [2.05, 4.69) is 0 Å². The van der Waals surface area contributed by atoms with Gasteiger partial charge in [0.25, 0.3) is 0 Å². The lowest BCUT2D eigenvalue weighted by Gasteiger charge is -2.23. The molecule has 0 aliphatic rings. The van der Waals surface area contributed by atoms with E-state index in [0.29, 0.717) is 0 Å². The highest BCUT2D eigenvalue weighted by Gasteiger charge is 2.30. The van der Waals surface area contributed by atoms with Crippen LogP contribution in [0.15, 0.2) is 0 Å². The summed E-state index contributed by atoms with van der Waals surface area (Å²) in [6, 6.07) is 0. The van der Waals surface area contributed by atoms with Gasteiger partial charge in [-0.1, -0.05) is 0 Å². The number of hydrogen-bond acceptors (Lipinski definition) is 4. The van der Waals surface area contributed by atoms with Crippen LogP contribution in [-0.2, 0) is 0 Å². The Bertz CT molecular complexity index is 110. The number of rotatable bonds is 5. The maximum atomic E-state index is 11.7. The molecule has 6 heteroatoms. The Hall–Kier alpha value is -0.300. The zero-order chi connectivity index (χ0) is 9.72. The highest BCUT2D eigenvalue weighted by molar-refractivity contribution is 4.79. The maximum Gasteiger partial charge on any atom is 0.118 e. The molecule has 0 spiro atoms. The summed E-state index contributed by atoms with van der Waals surface area (Å²) in [4.78, 5) is 0. The molecule has 0 unspecified atom stereocenters. The fourth-order valence-electron chi connectivity index (χ4n) is 0.638. The average molecular weight is 186 g/mol. The van der Waals surface area contributed by atoms with Gasteiger partial charge >= 0.3 is 0 Å². The van der Waals surface area contributed by atoms with Crippen LogP contribution in [0.25, 0.3) is 0 Å². The Labute approximate surface area is 68.1 Å². The first-order chi connectivity index (χ1) is 5.54. The third kappa shape index (κ3) is 2.98. The molecule has 74 valence electrons. The molecule has 4 nitrogen and oxygen atoms in total. The summed E-state index contributed by atoms with van der Waals surface area (Å²) in [5.41, 5.74) is 0. The fourth-order valence-corrected chi connectivity index (χ4v) is 0.638. The number of alkyl halides is 2. The molecule has 0 saturated heterocycles. The zero-order valence-corrected chi connectivity index (χ0v) is 6.27. The number of hydrogen-bond donors (Lipinski definition) is 4. The van der Waals surface area contributed by atoms with Crippen LogP contribution in [0, 0.1) is 0 Å². The Balaban J connectivity index is 3.99. The average Bonchev–Trinajstić information content (AvgIpc) is 2.12. The lowest BCUT2D eigenvalue weighted by Crippen LogP contribution is -2.46. The van der Waals surface area contributed by atoms with Crippen LogP contribution in [-0.4, -0.2) is 58.2 Å². The van der Waals surface area contributed by atoms with Gasteiger partial charge in [0.15, 0.2) is 0 Å². The van der Waals surface area contributed by atoms with Crippen molar-refractivity contribution in [3.8, 4) is 0 Å². The number of aliphatic hydroxyl groups excluding tert-OH is 4. The summed E-state index contributed by atoms with van der Waals surface area (Å²) in [6.07, 6.45) is -7.36. The fraction of sp³-hybridized carbons (Fsp3) is 1.00. The molecule has 0 aromatic carbocycles. The van der Waals surface area contributed by atoms with Gasteiger partial charge in [-0.05, 0) is 0 Å². The molecule has 0 fully saturated rings. The minimum absolute atomic E-state index is 1.27. The van der Waals surface area contributed by atoms with Crippen LogP contribution in [0.4, 0.5) is 8.78 Å². The smallest absolute Gasteiger partial charge is 0.118 e. The van der Waals surface area contributed by atoms with Gasteiger partial charge in [0.1, 0.15) is 37.8 Å². The summed E-state index contributed by atoms with van der Waals surface area (Å²) in [6.45, 7) is -2.53. The summed E-state index contributed by atoms with van der Waals surface area (Å²) in [5.74, 6) is 0. The van der Waals surface area contributed by atoms with Crippen molar-refractivity contribution in [1.82, 2.24) is 0 Å². The molecule has 0 aromatic heterocycles. The predicted octanol–water partition coefficient (Wildman–Crippen LogP) is -1.63. The lowest BCUT2D eigenvalue weighted by molar-refractivity contribution is -0.112. The Morgan fingerprint density at radius 3 is 1.17 bits per heavy atom. The summed E-state index contributed by atoms with van der Waals surface area (Å²) in [5, 5.41) is 34.9. The molecule has 0 aliphatic heterocycles. The second kappa shape index (κ2) is 5.36. The SMILES string of the molecule is O[C@@H]([C@H](O)[C@@H](O)CF)[C@H](O)CF. The van der Waals surface area contributed by atoms with E-state index in [4.69, 9.17) is 20.4 Å². The Morgan fingerprint density at radius 2 is 1.00 bits per heavy atom. The molecule has 4 atom stereocenters. The monoisotopic (exact) mass is 186 g/mol. The highest BCUT2D eigenvalue weighted by atomic mass is 19.1. The standard InChI is InChI=1S/C6H12F2O4/c7-1-3(9)5(11)6(12)4(10)2-8/h3-6,9-12H,1-2H2/t3-,4+,5-,6-/m1/s1. The number of aliphatic hydroxyl groups is 4. The third-order valence-corrected chi connectivity index (χ3v) is 1.45. The third-order valence-electron chi connectivity index (χ3n) is 1.45. The van der Waals surface area contributed by atoms with Crippen LogP contribution < -0.4 is 0 Å². The van der Waals surface area contributed by atoms with Gasteiger partial charge in [0, 0.05) is 0 Å². The van der Waals surface area contributed by atoms with Crippen LogP contribution in [0.2, 0.25) is 0 Å². The summed E-state index contributed by atoms with van der Waals surface area (Å²) in [7, 11) is 0. The highest BCUT2D eigenvalue weighted by Crippen LogP contribution is 2.05. The van der Waals surface area contributed by atoms with E-state index in [1.165, 1.54) is 0 Å². The second-order valence-electron chi connectivity index (χ2n) is 2.42. The molecule has 0 heterocycles. The van der Waals surface area contributed by atoms with Crippen molar-refractivity contribution in [2.45, 2.75) is 24.4 Å². The molecular formula is C6H12F2O4. The van der Waals surface area contributed by atoms with Crippen molar-refractivity contribution in [3.05, 3.63) is 0 Å². The van der Waals surface area contributed by atoms with Crippen molar-refractivity contribution in [2.24, 2.45) is 0 Å². The van der Waals surface area contributed by atoms with Gasteiger partial charge in [0.2, 0.25) is 0 Å². The van der Waals surface area contributed by atoms with Gasteiger partial charge in [-0.2, -0.15) is 0 Å². The quantitative estimate of drug-likeness (QED) is 0.415. The molecule has 4 N–H and O–H groups in total. The van der Waals surface area contributed by atoms with E-state index in [0.717, 1.165) is 0 Å². The minimum Gasteiger partial charge on any atom is -0.388 e. The molecule has 0 radical (unpaired) electrons. The zero-order valence-electron chi connectivity index (χ0n) is 6.27. The molecule has 0 amide bonds. The van der Waals surface area contributed by atoms with E-state index in [9.17, 15) is 8.78 Å². The second-order valence-corrected chi connectivity index (χ2v) is 2.42. The summed E-state index contributed by atoms with van der Waals surface area (Å²) >= 11 is 0. The van der Waals surface area contributed by atoms with Crippen LogP contribution >= 0.6 is 0 Å². The van der Waals surface area contributed by atoms with E-state index in [-0.39, 0.29) is 0 Å². The van der Waals surface area contributed by atoms with E-state index in [1.54, 1.807) is 0 Å². The molecule has 0 rings (SSSR count). The maximum absolute atomic E-state index is 11.7. The molecule has 0 saturated carbocycles. The van der Waals surface area contributed by atoms with Crippen molar-refractivity contribution < 1.29 is 29.2 Å². The molecule has 0 aliphatic carbocycles. The normalized spacial score (nSPS) is 21.5. The molecular weight excluding hydrogens is 174 g/mol. The summed E-state index contributed by atoms with van der Waals surface area (Å²) < 4.78 is 23.3. The van der Waals surface area contributed by atoms with Gasteiger partial charge in [-0.15, -0.1) is 0 Å². The lowest BCUT2D eigenvalue weighted by atomic mass is 10.0. The Kier molecular flexibility index (Phi) is 5.23. The number of halogens is 2. The minimum atomic E-state index is -1.87. The first-order valence-electron chi connectivity index (χ1n) is 3.38. The topological polar surface area (TPSA) is 80.9 Å². The van der Waals surface area contributed by atoms with Crippen LogP contribution in [0.5, 0.6) is 0 Å². The molecule has 0 bridgehead atoms. The molecule has 12 heavy (non-hydrogen) atoms. The van der Waals surface area contributed by atoms with Crippen LogP contribution in [0.3, 0.4) is 0 Å². The predicted molar refractivity (Wildman–Crippen MR) is 36.0 cm³/mol. The van der Waals surface area contributed by atoms with E-state index < -0.39 is 37.8 Å². The van der Waals surface area contributed by atoms with Crippen molar-refractivity contribution in [1.29, 1.82) is 0 Å². The van der Waals surface area contributed by atoms with Gasteiger partial charge in [-0.3, -0.25) is 0 Å². The van der Waals surface area contributed by atoms with Crippen LogP contribution in [0.1, 0.15) is 0 Å². The van der Waals surface area contributed by atoms with E-state index in [1.807, 2.05) is 0 Å². The van der Waals surface area contributed by atoms with Crippen molar-refractivity contribution in [2.75, 3.05) is 13.3 Å². The van der Waals surface area contributed by atoms with Crippen molar-refractivity contribution in [3.63, 3.8) is 0 Å². The van der Waals surface area contributed by atoms with Gasteiger partial charge < -0.3 is 20.4 Å². The van der Waals surface area contributed by atoms with Crippen molar-refractivity contribution >= 4 is 0 Å². The van der Waals surface area contributed by atoms with Gasteiger partial charge in [0.05, 0.1) is 0 Å². The first-order valence-corrected chi connectivity index (χ1v) is 3.38. The first kappa shape index (κ1) is 11.7. The van der Waals surface area contributed by atoms with Gasteiger partial charge in [-0.25, -0.2) is 8.78 Å². The molecule has 0 aromatic rings. The Morgan fingerprint density at radius 1 is 0.750 bits per heavy atom. The van der Waals surface area contributed by atoms with E-state index >= 15 is 0 Å².